The second kappa shape index (κ2) is 4.78. The van der Waals surface area contributed by atoms with E-state index in [0.717, 1.165) is 13.1 Å². The van der Waals surface area contributed by atoms with E-state index in [2.05, 4.69) is 18.7 Å². The lowest BCUT2D eigenvalue weighted by atomic mass is 9.91. The minimum atomic E-state index is -0.119. The first-order chi connectivity index (χ1) is 6.54. The lowest BCUT2D eigenvalue weighted by Gasteiger charge is -2.37. The fraction of sp³-hybridized carbons (Fsp3) is 0.909. The van der Waals surface area contributed by atoms with Gasteiger partial charge in [-0.25, -0.2) is 0 Å². The number of likely N-dealkylation sites (tertiary alicyclic amines) is 1. The summed E-state index contributed by atoms with van der Waals surface area (Å²) in [7, 11) is 1.45. The van der Waals surface area contributed by atoms with E-state index in [1.807, 2.05) is 6.92 Å². The Morgan fingerprint density at radius 2 is 1.86 bits per heavy atom. The van der Waals surface area contributed by atoms with Crippen molar-refractivity contribution in [3.05, 3.63) is 0 Å². The van der Waals surface area contributed by atoms with Gasteiger partial charge in [0.2, 0.25) is 0 Å². The largest absolute Gasteiger partial charge is 0.468 e. The molecule has 82 valence electrons. The molecule has 0 saturated carbocycles. The van der Waals surface area contributed by atoms with Crippen LogP contribution in [0.1, 0.15) is 27.2 Å². The third kappa shape index (κ3) is 2.71. The topological polar surface area (TPSA) is 29.5 Å². The lowest BCUT2D eigenvalue weighted by Crippen LogP contribution is -2.47. The van der Waals surface area contributed by atoms with Crippen LogP contribution in [0.3, 0.4) is 0 Å². The zero-order valence-corrected chi connectivity index (χ0v) is 9.62. The molecule has 0 amide bonds. The van der Waals surface area contributed by atoms with Crippen molar-refractivity contribution in [1.82, 2.24) is 4.90 Å². The van der Waals surface area contributed by atoms with E-state index in [1.54, 1.807) is 0 Å². The summed E-state index contributed by atoms with van der Waals surface area (Å²) in [5.41, 5.74) is 0. The second-order valence-corrected chi connectivity index (χ2v) is 4.60. The number of hydrogen-bond donors (Lipinski definition) is 0. The monoisotopic (exact) mass is 199 g/mol. The quantitative estimate of drug-likeness (QED) is 0.632. The van der Waals surface area contributed by atoms with Crippen molar-refractivity contribution < 1.29 is 9.53 Å². The Labute approximate surface area is 86.4 Å². The van der Waals surface area contributed by atoms with Crippen molar-refractivity contribution in [3.63, 3.8) is 0 Å². The Balaban J connectivity index is 2.54. The van der Waals surface area contributed by atoms with Crippen molar-refractivity contribution in [2.24, 2.45) is 11.8 Å². The minimum absolute atomic E-state index is 0.0924. The van der Waals surface area contributed by atoms with Gasteiger partial charge in [0.1, 0.15) is 6.04 Å². The van der Waals surface area contributed by atoms with Gasteiger partial charge < -0.3 is 4.74 Å². The zero-order chi connectivity index (χ0) is 10.7. The molecule has 0 aromatic rings. The van der Waals surface area contributed by atoms with Crippen LogP contribution in [0.2, 0.25) is 0 Å². The molecule has 0 aromatic carbocycles. The predicted molar refractivity (Wildman–Crippen MR) is 56.0 cm³/mol. The van der Waals surface area contributed by atoms with Crippen LogP contribution in [0.4, 0.5) is 0 Å². The number of rotatable bonds is 2. The van der Waals surface area contributed by atoms with E-state index in [9.17, 15) is 4.79 Å². The van der Waals surface area contributed by atoms with Crippen LogP contribution < -0.4 is 0 Å². The summed E-state index contributed by atoms with van der Waals surface area (Å²) in [6.45, 7) is 8.44. The highest BCUT2D eigenvalue weighted by Crippen LogP contribution is 2.22. The van der Waals surface area contributed by atoms with E-state index < -0.39 is 0 Å². The van der Waals surface area contributed by atoms with Gasteiger partial charge in [-0.1, -0.05) is 13.8 Å². The summed E-state index contributed by atoms with van der Waals surface area (Å²) in [5, 5.41) is 0. The molecule has 1 aliphatic heterocycles. The molecular weight excluding hydrogens is 178 g/mol. The Morgan fingerprint density at radius 1 is 1.36 bits per heavy atom. The fourth-order valence-electron chi connectivity index (χ4n) is 2.35. The number of piperidine rings is 1. The number of hydrogen-bond acceptors (Lipinski definition) is 3. The number of nitrogens with zero attached hydrogens (tertiary/aromatic N) is 1. The standard InChI is InChI=1S/C11H21NO2/c1-8-5-9(2)7-12(6-8)10(3)11(13)14-4/h8-10H,5-7H2,1-4H3/t8-,9-,10-/m1/s1. The molecule has 1 rings (SSSR count). The molecule has 14 heavy (non-hydrogen) atoms. The van der Waals surface area contributed by atoms with Crippen LogP contribution in [0.25, 0.3) is 0 Å². The maximum absolute atomic E-state index is 11.4. The van der Waals surface area contributed by atoms with Crippen molar-refractivity contribution in [3.8, 4) is 0 Å². The molecule has 3 atom stereocenters. The molecule has 0 N–H and O–H groups in total. The van der Waals surface area contributed by atoms with Gasteiger partial charge in [0.25, 0.3) is 0 Å². The van der Waals surface area contributed by atoms with Gasteiger partial charge in [-0.05, 0) is 25.2 Å². The molecule has 0 aliphatic carbocycles. The van der Waals surface area contributed by atoms with E-state index in [1.165, 1.54) is 13.5 Å². The summed E-state index contributed by atoms with van der Waals surface area (Å²) in [6, 6.07) is -0.0924. The fourth-order valence-corrected chi connectivity index (χ4v) is 2.35. The van der Waals surface area contributed by atoms with Crippen molar-refractivity contribution >= 4 is 5.97 Å². The molecular formula is C11H21NO2. The highest BCUT2D eigenvalue weighted by Gasteiger charge is 2.28. The molecule has 0 bridgehead atoms. The van der Waals surface area contributed by atoms with E-state index in [4.69, 9.17) is 4.74 Å². The van der Waals surface area contributed by atoms with Gasteiger partial charge in [0, 0.05) is 13.1 Å². The second-order valence-electron chi connectivity index (χ2n) is 4.60. The molecule has 1 aliphatic rings. The summed E-state index contributed by atoms with van der Waals surface area (Å²) >= 11 is 0. The Kier molecular flexibility index (Phi) is 3.93. The summed E-state index contributed by atoms with van der Waals surface area (Å²) in [6.07, 6.45) is 1.27. The molecule has 1 fully saturated rings. The molecule has 0 unspecified atom stereocenters. The molecule has 3 nitrogen and oxygen atoms in total. The predicted octanol–water partition coefficient (Wildman–Crippen LogP) is 1.53. The smallest absolute Gasteiger partial charge is 0.322 e. The highest BCUT2D eigenvalue weighted by atomic mass is 16.5. The van der Waals surface area contributed by atoms with E-state index in [-0.39, 0.29) is 12.0 Å². The zero-order valence-electron chi connectivity index (χ0n) is 9.62. The molecule has 3 heteroatoms. The number of carbonyl (C=O) groups is 1. The minimum Gasteiger partial charge on any atom is -0.468 e. The number of carbonyl (C=O) groups excluding carboxylic acids is 1. The maximum Gasteiger partial charge on any atom is 0.322 e. The van der Waals surface area contributed by atoms with E-state index in [0.29, 0.717) is 11.8 Å². The summed E-state index contributed by atoms with van der Waals surface area (Å²) in [4.78, 5) is 13.6. The van der Waals surface area contributed by atoms with Crippen molar-refractivity contribution in [1.29, 1.82) is 0 Å². The molecule has 0 radical (unpaired) electrons. The van der Waals surface area contributed by atoms with Crippen LogP contribution in [-0.4, -0.2) is 37.1 Å². The van der Waals surface area contributed by atoms with Gasteiger partial charge in [-0.15, -0.1) is 0 Å². The Hall–Kier alpha value is -0.570. The maximum atomic E-state index is 11.4. The summed E-state index contributed by atoms with van der Waals surface area (Å²) < 4.78 is 4.76. The normalized spacial score (nSPS) is 31.1. The molecule has 1 saturated heterocycles. The average molecular weight is 199 g/mol. The van der Waals surface area contributed by atoms with E-state index >= 15 is 0 Å². The van der Waals surface area contributed by atoms with Gasteiger partial charge in [0.05, 0.1) is 7.11 Å². The highest BCUT2D eigenvalue weighted by molar-refractivity contribution is 5.75. The molecule has 0 aromatic heterocycles. The first kappa shape index (κ1) is 11.5. The SMILES string of the molecule is COC(=O)[C@@H](C)N1C[C@H](C)C[C@@H](C)C1. The number of ether oxygens (including phenoxy) is 1. The van der Waals surface area contributed by atoms with Gasteiger partial charge in [-0.2, -0.15) is 0 Å². The van der Waals surface area contributed by atoms with Crippen LogP contribution in [0, 0.1) is 11.8 Å². The van der Waals surface area contributed by atoms with Gasteiger partial charge in [-0.3, -0.25) is 9.69 Å². The van der Waals surface area contributed by atoms with Gasteiger partial charge in [0.15, 0.2) is 0 Å². The Morgan fingerprint density at radius 3 is 2.29 bits per heavy atom. The van der Waals surface area contributed by atoms with Crippen molar-refractivity contribution in [2.45, 2.75) is 33.2 Å². The third-order valence-corrected chi connectivity index (χ3v) is 2.99. The van der Waals surface area contributed by atoms with Crippen molar-refractivity contribution in [2.75, 3.05) is 20.2 Å². The van der Waals surface area contributed by atoms with Crippen LogP contribution in [-0.2, 0) is 9.53 Å². The average Bonchev–Trinajstić information content (AvgIpc) is 2.14. The third-order valence-electron chi connectivity index (χ3n) is 2.99. The lowest BCUT2D eigenvalue weighted by molar-refractivity contribution is -0.147. The molecule has 1 heterocycles. The number of esters is 1. The Bertz CT molecular complexity index is 195. The number of methoxy groups -OCH3 is 1. The summed E-state index contributed by atoms with van der Waals surface area (Å²) in [5.74, 6) is 1.25. The van der Waals surface area contributed by atoms with Crippen LogP contribution in [0.15, 0.2) is 0 Å². The first-order valence-corrected chi connectivity index (χ1v) is 5.36. The van der Waals surface area contributed by atoms with Crippen LogP contribution in [0.5, 0.6) is 0 Å². The molecule has 0 spiro atoms. The van der Waals surface area contributed by atoms with Gasteiger partial charge >= 0.3 is 5.97 Å². The first-order valence-electron chi connectivity index (χ1n) is 5.36. The van der Waals surface area contributed by atoms with Crippen LogP contribution >= 0.6 is 0 Å².